The van der Waals surface area contributed by atoms with Gasteiger partial charge in [0.2, 0.25) is 15.9 Å². The standard InChI is InChI=1S/C24H26FN3O4S2/c25-18-9-11-20(12-10-18)34(30,31)27-13-3-5-17(15-27)23(29)28(16-19-6-4-14-32-19)24-26-21-7-1-2-8-22(21)33-24/h1-2,7-12,17,19H,3-6,13-16H2. The van der Waals surface area contributed by atoms with Crippen molar-refractivity contribution in [3.63, 3.8) is 0 Å². The van der Waals surface area contributed by atoms with Crippen LogP contribution < -0.4 is 4.90 Å². The van der Waals surface area contributed by atoms with Crippen molar-refractivity contribution < 1.29 is 22.3 Å². The average Bonchev–Trinajstić information content (AvgIpc) is 3.52. The minimum Gasteiger partial charge on any atom is -0.376 e. The van der Waals surface area contributed by atoms with Crippen LogP contribution in [0.25, 0.3) is 10.2 Å². The number of fused-ring (bicyclic) bond motifs is 1. The maximum atomic E-state index is 13.8. The SMILES string of the molecule is O=C(C1CCCN(S(=O)(=O)c2ccc(F)cc2)C1)N(CC1CCCO1)c1nc2ccccc2s1. The van der Waals surface area contributed by atoms with E-state index in [-0.39, 0.29) is 23.5 Å². The van der Waals surface area contributed by atoms with Gasteiger partial charge in [-0.15, -0.1) is 0 Å². The van der Waals surface area contributed by atoms with Crippen LogP contribution in [0.4, 0.5) is 9.52 Å². The number of anilines is 1. The Labute approximate surface area is 202 Å². The van der Waals surface area contributed by atoms with Gasteiger partial charge in [0.1, 0.15) is 5.82 Å². The summed E-state index contributed by atoms with van der Waals surface area (Å²) in [5.41, 5.74) is 0.830. The number of thiazole rings is 1. The highest BCUT2D eigenvalue weighted by atomic mass is 32.2. The van der Waals surface area contributed by atoms with Gasteiger partial charge in [0.05, 0.1) is 33.7 Å². The molecule has 10 heteroatoms. The van der Waals surface area contributed by atoms with Crippen LogP contribution in [0.1, 0.15) is 25.7 Å². The highest BCUT2D eigenvalue weighted by Crippen LogP contribution is 2.33. The number of rotatable bonds is 6. The first-order valence-electron chi connectivity index (χ1n) is 11.5. The first-order chi connectivity index (χ1) is 16.4. The number of sulfonamides is 1. The summed E-state index contributed by atoms with van der Waals surface area (Å²) in [6.07, 6.45) is 2.95. The van der Waals surface area contributed by atoms with Crippen LogP contribution in [-0.4, -0.2) is 56.0 Å². The van der Waals surface area contributed by atoms with Crippen molar-refractivity contribution in [2.24, 2.45) is 5.92 Å². The Morgan fingerprint density at radius 3 is 2.68 bits per heavy atom. The molecule has 1 amide bonds. The molecule has 2 fully saturated rings. The molecule has 2 aliphatic rings. The first kappa shape index (κ1) is 23.3. The third-order valence-corrected chi connectivity index (χ3v) is 9.31. The molecule has 3 aromatic rings. The number of amides is 1. The van der Waals surface area contributed by atoms with E-state index in [0.29, 0.717) is 37.7 Å². The second-order valence-electron chi connectivity index (χ2n) is 8.70. The largest absolute Gasteiger partial charge is 0.376 e. The Kier molecular flexibility index (Phi) is 6.65. The van der Waals surface area contributed by atoms with Crippen LogP contribution in [0.15, 0.2) is 53.4 Å². The lowest BCUT2D eigenvalue weighted by atomic mass is 9.98. The average molecular weight is 504 g/mol. The molecule has 0 N–H and O–H groups in total. The number of piperidine rings is 1. The van der Waals surface area contributed by atoms with Crippen LogP contribution in [0.3, 0.4) is 0 Å². The van der Waals surface area contributed by atoms with Gasteiger partial charge in [0.15, 0.2) is 5.13 Å². The number of benzene rings is 2. The van der Waals surface area contributed by atoms with Gasteiger partial charge in [-0.3, -0.25) is 9.69 Å². The summed E-state index contributed by atoms with van der Waals surface area (Å²) in [5, 5.41) is 0.611. The molecule has 0 spiro atoms. The minimum absolute atomic E-state index is 0.0318. The molecule has 7 nitrogen and oxygen atoms in total. The van der Waals surface area contributed by atoms with Crippen LogP contribution in [0.2, 0.25) is 0 Å². The first-order valence-corrected chi connectivity index (χ1v) is 13.7. The van der Waals surface area contributed by atoms with E-state index in [9.17, 15) is 17.6 Å². The summed E-state index contributed by atoms with van der Waals surface area (Å²) < 4.78 is 47.7. The third kappa shape index (κ3) is 4.72. The van der Waals surface area contributed by atoms with Gasteiger partial charge in [-0.25, -0.2) is 17.8 Å². The zero-order valence-electron chi connectivity index (χ0n) is 18.6. The highest BCUT2D eigenvalue weighted by molar-refractivity contribution is 7.89. The molecule has 34 heavy (non-hydrogen) atoms. The molecule has 3 heterocycles. The summed E-state index contributed by atoms with van der Waals surface area (Å²) in [6.45, 7) is 1.50. The smallest absolute Gasteiger partial charge is 0.243 e. The molecular weight excluding hydrogens is 477 g/mol. The molecule has 0 radical (unpaired) electrons. The number of hydrogen-bond donors (Lipinski definition) is 0. The van der Waals surface area contributed by atoms with Crippen LogP contribution in [0, 0.1) is 11.7 Å². The molecule has 0 aliphatic carbocycles. The van der Waals surface area contributed by atoms with Gasteiger partial charge >= 0.3 is 0 Å². The Hall–Kier alpha value is -2.40. The molecule has 2 atom stereocenters. The second-order valence-corrected chi connectivity index (χ2v) is 11.7. The Bertz CT molecular complexity index is 1240. The normalized spacial score (nSPS) is 21.7. The maximum absolute atomic E-state index is 13.8. The van der Waals surface area contributed by atoms with Crippen molar-refractivity contribution in [1.29, 1.82) is 0 Å². The van der Waals surface area contributed by atoms with Crippen molar-refractivity contribution in [2.75, 3.05) is 31.1 Å². The molecule has 0 saturated carbocycles. The molecule has 2 unspecified atom stereocenters. The predicted molar refractivity (Wildman–Crippen MR) is 129 cm³/mol. The summed E-state index contributed by atoms with van der Waals surface area (Å²) >= 11 is 1.46. The number of ether oxygens (including phenoxy) is 1. The number of carbonyl (C=O) groups is 1. The molecule has 0 bridgehead atoms. The van der Waals surface area contributed by atoms with E-state index < -0.39 is 21.8 Å². The predicted octanol–water partition coefficient (Wildman–Crippen LogP) is 4.05. The zero-order chi connectivity index (χ0) is 23.7. The highest BCUT2D eigenvalue weighted by Gasteiger charge is 2.37. The minimum atomic E-state index is -3.82. The Morgan fingerprint density at radius 1 is 1.15 bits per heavy atom. The molecule has 2 saturated heterocycles. The number of nitrogens with zero attached hydrogens (tertiary/aromatic N) is 3. The van der Waals surface area contributed by atoms with E-state index in [2.05, 4.69) is 0 Å². The summed E-state index contributed by atoms with van der Waals surface area (Å²) in [7, 11) is -3.82. The number of para-hydroxylation sites is 1. The molecular formula is C24H26FN3O4S2. The van der Waals surface area contributed by atoms with Crippen molar-refractivity contribution in [1.82, 2.24) is 9.29 Å². The monoisotopic (exact) mass is 503 g/mol. The summed E-state index contributed by atoms with van der Waals surface area (Å²) in [4.78, 5) is 20.2. The molecule has 2 aliphatic heterocycles. The van der Waals surface area contributed by atoms with Gasteiger partial charge in [-0.05, 0) is 62.1 Å². The fourth-order valence-electron chi connectivity index (χ4n) is 4.57. The van der Waals surface area contributed by atoms with Crippen molar-refractivity contribution in [2.45, 2.75) is 36.7 Å². The number of aromatic nitrogens is 1. The molecule has 2 aromatic carbocycles. The van der Waals surface area contributed by atoms with E-state index in [0.717, 1.165) is 35.2 Å². The second kappa shape index (κ2) is 9.69. The topological polar surface area (TPSA) is 79.8 Å². The van der Waals surface area contributed by atoms with Crippen LogP contribution in [-0.2, 0) is 19.6 Å². The van der Waals surface area contributed by atoms with Crippen molar-refractivity contribution in [3.05, 3.63) is 54.3 Å². The van der Waals surface area contributed by atoms with Crippen molar-refractivity contribution >= 4 is 42.6 Å². The van der Waals surface area contributed by atoms with Gasteiger partial charge in [-0.2, -0.15) is 4.31 Å². The summed E-state index contributed by atoms with van der Waals surface area (Å²) in [6, 6.07) is 12.5. The van der Waals surface area contributed by atoms with E-state index in [4.69, 9.17) is 9.72 Å². The zero-order valence-corrected chi connectivity index (χ0v) is 20.2. The quantitative estimate of drug-likeness (QED) is 0.507. The lowest BCUT2D eigenvalue weighted by molar-refractivity contribution is -0.123. The molecule has 180 valence electrons. The van der Waals surface area contributed by atoms with E-state index in [1.165, 1.54) is 27.8 Å². The van der Waals surface area contributed by atoms with Gasteiger partial charge in [0.25, 0.3) is 0 Å². The lowest BCUT2D eigenvalue weighted by Crippen LogP contribution is -2.48. The number of carbonyl (C=O) groups excluding carboxylic acids is 1. The third-order valence-electron chi connectivity index (χ3n) is 6.37. The van der Waals surface area contributed by atoms with Gasteiger partial charge in [-0.1, -0.05) is 23.5 Å². The maximum Gasteiger partial charge on any atom is 0.243 e. The fraction of sp³-hybridized carbons (Fsp3) is 0.417. The van der Waals surface area contributed by atoms with E-state index in [1.807, 2.05) is 24.3 Å². The summed E-state index contributed by atoms with van der Waals surface area (Å²) in [5.74, 6) is -1.11. The molecule has 5 rings (SSSR count). The van der Waals surface area contributed by atoms with E-state index >= 15 is 0 Å². The van der Waals surface area contributed by atoms with Gasteiger partial charge < -0.3 is 4.74 Å². The fourth-order valence-corrected chi connectivity index (χ4v) is 7.07. The van der Waals surface area contributed by atoms with Gasteiger partial charge in [0, 0.05) is 19.7 Å². The number of halogens is 1. The van der Waals surface area contributed by atoms with Crippen LogP contribution in [0.5, 0.6) is 0 Å². The van der Waals surface area contributed by atoms with Crippen LogP contribution >= 0.6 is 11.3 Å². The number of hydrogen-bond acceptors (Lipinski definition) is 6. The molecule has 1 aromatic heterocycles. The Morgan fingerprint density at radius 2 is 1.94 bits per heavy atom. The Balaban J connectivity index is 1.40. The van der Waals surface area contributed by atoms with E-state index in [1.54, 1.807) is 4.90 Å². The van der Waals surface area contributed by atoms with Crippen molar-refractivity contribution in [3.8, 4) is 0 Å². The lowest BCUT2D eigenvalue weighted by Gasteiger charge is -2.34.